The Labute approximate surface area is 234 Å². The first-order valence-electron chi connectivity index (χ1n) is 12.9. The van der Waals surface area contributed by atoms with Crippen LogP contribution in [0.2, 0.25) is 0 Å². The fourth-order valence-electron chi connectivity index (χ4n) is 4.43. The van der Waals surface area contributed by atoms with Gasteiger partial charge in [-0.05, 0) is 34.3 Å². The Morgan fingerprint density at radius 2 is 1.71 bits per heavy atom. The fourth-order valence-corrected chi connectivity index (χ4v) is 4.43. The molecule has 11 nitrogen and oxygen atoms in total. The molecular weight excluding hydrogens is 546 g/mol. The number of fused-ring (bicyclic) bond motifs is 1. The van der Waals surface area contributed by atoms with Crippen molar-refractivity contribution < 1.29 is 42.3 Å². The first-order valence-corrected chi connectivity index (χ1v) is 12.9. The van der Waals surface area contributed by atoms with Crippen LogP contribution in [0, 0.1) is 0 Å². The van der Waals surface area contributed by atoms with Crippen LogP contribution in [0.15, 0.2) is 42.5 Å². The van der Waals surface area contributed by atoms with E-state index >= 15 is 0 Å². The van der Waals surface area contributed by atoms with E-state index in [9.17, 15) is 37.7 Å². The van der Waals surface area contributed by atoms with Crippen molar-refractivity contribution in [1.29, 1.82) is 0 Å². The monoisotopic (exact) mass is 579 g/mol. The minimum absolute atomic E-state index is 0.0591. The Balaban J connectivity index is 1.82. The Morgan fingerprint density at radius 3 is 2.29 bits per heavy atom. The first kappa shape index (κ1) is 32.2. The van der Waals surface area contributed by atoms with Gasteiger partial charge in [0.05, 0.1) is 24.6 Å². The van der Waals surface area contributed by atoms with Crippen LogP contribution in [0.5, 0.6) is 0 Å². The Kier molecular flexibility index (Phi) is 11.0. The summed E-state index contributed by atoms with van der Waals surface area (Å²) in [4.78, 5) is 40.3. The van der Waals surface area contributed by atoms with E-state index in [-0.39, 0.29) is 44.8 Å². The number of hydrogen-bond acceptors (Lipinski definition) is 9. The molecule has 3 rings (SSSR count). The van der Waals surface area contributed by atoms with Crippen molar-refractivity contribution in [3.05, 3.63) is 64.7 Å². The van der Waals surface area contributed by atoms with Gasteiger partial charge in [0.2, 0.25) is 11.8 Å². The molecule has 2 amide bonds. The van der Waals surface area contributed by atoms with E-state index in [1.54, 1.807) is 18.2 Å². The first-order chi connectivity index (χ1) is 19.3. The van der Waals surface area contributed by atoms with Gasteiger partial charge in [-0.15, -0.1) is 0 Å². The van der Waals surface area contributed by atoms with Crippen LogP contribution in [-0.2, 0) is 38.2 Å². The van der Waals surface area contributed by atoms with Gasteiger partial charge in [0.15, 0.2) is 5.78 Å². The highest BCUT2D eigenvalue weighted by atomic mass is 19.4. The third-order valence-electron chi connectivity index (χ3n) is 6.67. The molecule has 0 spiro atoms. The highest BCUT2D eigenvalue weighted by Crippen LogP contribution is 2.30. The Morgan fingerprint density at radius 1 is 1.07 bits per heavy atom. The van der Waals surface area contributed by atoms with E-state index < -0.39 is 61.1 Å². The van der Waals surface area contributed by atoms with Crippen LogP contribution >= 0.6 is 0 Å². The molecule has 0 saturated heterocycles. The third-order valence-corrected chi connectivity index (χ3v) is 6.67. The molecule has 0 aromatic heterocycles. The number of halogens is 3. The lowest BCUT2D eigenvalue weighted by molar-refractivity contribution is -0.137. The number of carbonyl (C=O) groups excluding carboxylic acids is 3. The second kappa shape index (κ2) is 14.0. The molecule has 0 saturated carbocycles. The zero-order chi connectivity index (χ0) is 30.3. The van der Waals surface area contributed by atoms with Crippen LogP contribution < -0.4 is 28.0 Å². The Hall–Kier alpha value is -3.34. The molecule has 0 bridgehead atoms. The fraction of sp³-hybridized carbons (Fsp3) is 0.423. The number of aliphatic hydroxyl groups is 1. The smallest absolute Gasteiger partial charge is 0.423 e. The number of hydrogen-bond donors (Lipinski definition) is 6. The third kappa shape index (κ3) is 8.34. The molecule has 0 fully saturated rings. The second-order valence-corrected chi connectivity index (χ2v) is 9.66. The molecule has 222 valence electrons. The van der Waals surface area contributed by atoms with Gasteiger partial charge >= 0.3 is 13.3 Å². The molecular formula is C26H33BF3N5O6. The number of Topliss-reactive ketones (excluding diaryl/α,β-unsaturated/α-hetero) is 1. The second-order valence-electron chi connectivity index (χ2n) is 9.66. The van der Waals surface area contributed by atoms with Gasteiger partial charge in [0.1, 0.15) is 12.1 Å². The van der Waals surface area contributed by atoms with Gasteiger partial charge in [-0.3, -0.25) is 14.4 Å². The van der Waals surface area contributed by atoms with Crippen molar-refractivity contribution in [1.82, 2.24) is 10.2 Å². The molecule has 0 unspecified atom stereocenters. The van der Waals surface area contributed by atoms with E-state index in [4.69, 9.17) is 21.9 Å². The molecule has 2 aromatic carbocycles. The highest BCUT2D eigenvalue weighted by molar-refractivity contribution is 6.61. The molecule has 0 aliphatic carbocycles. The molecule has 9 N–H and O–H groups in total. The highest BCUT2D eigenvalue weighted by Gasteiger charge is 2.35. The molecule has 1 heterocycles. The van der Waals surface area contributed by atoms with E-state index in [0.29, 0.717) is 11.0 Å². The lowest BCUT2D eigenvalue weighted by atomic mass is 9.78. The number of rotatable bonds is 13. The van der Waals surface area contributed by atoms with Gasteiger partial charge < -0.3 is 42.2 Å². The zero-order valence-corrected chi connectivity index (χ0v) is 22.1. The largest absolute Gasteiger partial charge is 0.491 e. The maximum absolute atomic E-state index is 13.4. The van der Waals surface area contributed by atoms with Crippen molar-refractivity contribution in [2.45, 2.75) is 43.8 Å². The summed E-state index contributed by atoms with van der Waals surface area (Å²) in [5.41, 5.74) is 17.6. The van der Waals surface area contributed by atoms with Crippen LogP contribution in [-0.4, -0.2) is 78.0 Å². The standard InChI is InChI=1S/C26H33BF3N5O6/c28-26(29,30)18-5-3-16(4-6-18)24(38)23(21(36)12-15-1-2-17-14-41-27(40)19(17)11-15)34-25(39)20(33)13-22(37)35(9-7-31)10-8-32/h1-6,11,20,23-24,38,40H,7-10,12-14,31-33H2,(H,34,39)/t20-,23+,24+/m0/s1. The number of ketones is 1. The molecule has 3 atom stereocenters. The summed E-state index contributed by atoms with van der Waals surface area (Å²) in [6.45, 7) is 0.905. The van der Waals surface area contributed by atoms with Crippen molar-refractivity contribution in [3.8, 4) is 0 Å². The minimum atomic E-state index is -4.62. The van der Waals surface area contributed by atoms with E-state index in [2.05, 4.69) is 5.32 Å². The van der Waals surface area contributed by atoms with Crippen LogP contribution in [0.4, 0.5) is 13.2 Å². The molecule has 1 aliphatic rings. The normalized spacial score (nSPS) is 15.2. The topological polar surface area (TPSA) is 194 Å². The molecule has 2 aromatic rings. The van der Waals surface area contributed by atoms with Crippen LogP contribution in [0.25, 0.3) is 0 Å². The van der Waals surface area contributed by atoms with Crippen molar-refractivity contribution in [2.75, 3.05) is 26.2 Å². The Bertz CT molecular complexity index is 1230. The van der Waals surface area contributed by atoms with Gasteiger partial charge in [-0.1, -0.05) is 30.3 Å². The predicted molar refractivity (Wildman–Crippen MR) is 143 cm³/mol. The van der Waals surface area contributed by atoms with Gasteiger partial charge in [0.25, 0.3) is 0 Å². The summed E-state index contributed by atoms with van der Waals surface area (Å²) in [5.74, 6) is -2.11. The summed E-state index contributed by atoms with van der Waals surface area (Å²) >= 11 is 0. The summed E-state index contributed by atoms with van der Waals surface area (Å²) in [6.07, 6.45) is -7.11. The summed E-state index contributed by atoms with van der Waals surface area (Å²) in [6, 6.07) is 5.31. The van der Waals surface area contributed by atoms with Crippen LogP contribution in [0.3, 0.4) is 0 Å². The maximum Gasteiger partial charge on any atom is 0.491 e. The number of nitrogens with two attached hydrogens (primary N) is 3. The number of carbonyl (C=O) groups is 3. The quantitative estimate of drug-likeness (QED) is 0.157. The van der Waals surface area contributed by atoms with E-state index in [0.717, 1.165) is 29.8 Å². The number of amides is 2. The average Bonchev–Trinajstić information content (AvgIpc) is 3.30. The number of nitrogens with zero attached hydrogens (tertiary/aromatic N) is 1. The summed E-state index contributed by atoms with van der Waals surface area (Å²) in [7, 11) is -1.16. The number of nitrogens with one attached hydrogen (secondary N) is 1. The molecule has 41 heavy (non-hydrogen) atoms. The van der Waals surface area contributed by atoms with E-state index in [1.807, 2.05) is 0 Å². The van der Waals surface area contributed by atoms with E-state index in [1.165, 1.54) is 4.90 Å². The molecule has 0 radical (unpaired) electrons. The predicted octanol–water partition coefficient (Wildman–Crippen LogP) is -1.28. The van der Waals surface area contributed by atoms with Crippen LogP contribution in [0.1, 0.15) is 34.8 Å². The number of alkyl halides is 3. The number of aliphatic hydroxyl groups excluding tert-OH is 1. The summed E-state index contributed by atoms with van der Waals surface area (Å²) < 4.78 is 44.2. The average molecular weight is 579 g/mol. The number of benzene rings is 2. The minimum Gasteiger partial charge on any atom is -0.423 e. The van der Waals surface area contributed by atoms with Crippen molar-refractivity contribution >= 4 is 30.2 Å². The van der Waals surface area contributed by atoms with Crippen molar-refractivity contribution in [3.63, 3.8) is 0 Å². The van der Waals surface area contributed by atoms with Gasteiger partial charge in [-0.25, -0.2) is 0 Å². The van der Waals surface area contributed by atoms with Gasteiger partial charge in [0, 0.05) is 32.6 Å². The SMILES string of the molecule is NCCN(CCN)C(=O)C[C@H](N)C(=O)N[C@H](C(=O)Cc1ccc2c(c1)B(O)OC2)[C@H](O)c1ccc(C(F)(F)F)cc1. The molecule has 1 aliphatic heterocycles. The van der Waals surface area contributed by atoms with Crippen molar-refractivity contribution in [2.24, 2.45) is 17.2 Å². The lowest BCUT2D eigenvalue weighted by Crippen LogP contribution is -2.52. The maximum atomic E-state index is 13.4. The summed E-state index contributed by atoms with van der Waals surface area (Å²) in [5, 5.41) is 23.4. The zero-order valence-electron chi connectivity index (χ0n) is 22.1. The van der Waals surface area contributed by atoms with Gasteiger partial charge in [-0.2, -0.15) is 13.2 Å². The lowest BCUT2D eigenvalue weighted by Gasteiger charge is -2.26. The molecule has 15 heteroatoms.